The summed E-state index contributed by atoms with van der Waals surface area (Å²) in [6, 6.07) is 13.7. The minimum Gasteiger partial charge on any atom is -0.508 e. The zero-order valence-electron chi connectivity index (χ0n) is 19.7. The Hall–Kier alpha value is -5.05. The van der Waals surface area contributed by atoms with Gasteiger partial charge in [0.25, 0.3) is 0 Å². The van der Waals surface area contributed by atoms with E-state index in [0.717, 1.165) is 44.7 Å². The Morgan fingerprint density at radius 1 is 0.919 bits per heavy atom. The van der Waals surface area contributed by atoms with Gasteiger partial charge in [-0.25, -0.2) is 4.39 Å². The molecule has 0 atom stereocenters. The van der Waals surface area contributed by atoms with Gasteiger partial charge in [0.1, 0.15) is 17.3 Å². The molecule has 0 spiro atoms. The molecule has 0 unspecified atom stereocenters. The third-order valence-corrected chi connectivity index (χ3v) is 6.23. The minimum atomic E-state index is -0.526. The van der Waals surface area contributed by atoms with E-state index in [9.17, 15) is 14.3 Å². The molecule has 4 aromatic heterocycles. The summed E-state index contributed by atoms with van der Waals surface area (Å²) < 4.78 is 14.0. The molecule has 0 radical (unpaired) electrons. The highest BCUT2D eigenvalue weighted by Crippen LogP contribution is 2.36. The number of phenolic OH excluding ortho intramolecular Hbond substituents is 1. The number of benzene rings is 2. The second-order valence-corrected chi connectivity index (χ2v) is 8.73. The molecule has 2 aromatic carbocycles. The molecule has 1 amide bonds. The van der Waals surface area contributed by atoms with Crippen molar-refractivity contribution in [1.29, 1.82) is 0 Å². The fourth-order valence-electron chi connectivity index (χ4n) is 4.45. The van der Waals surface area contributed by atoms with Crippen LogP contribution in [0.4, 0.5) is 10.1 Å². The molecule has 0 bridgehead atoms. The number of nitrogens with one attached hydrogen (secondary N) is 3. The van der Waals surface area contributed by atoms with E-state index in [1.807, 2.05) is 30.3 Å². The number of fused-ring (bicyclic) bond motifs is 2. The van der Waals surface area contributed by atoms with E-state index < -0.39 is 5.82 Å². The summed E-state index contributed by atoms with van der Waals surface area (Å²) in [5.74, 6) is -0.754. The van der Waals surface area contributed by atoms with Crippen molar-refractivity contribution in [3.63, 3.8) is 0 Å². The molecule has 182 valence electrons. The van der Waals surface area contributed by atoms with Crippen molar-refractivity contribution in [2.75, 3.05) is 5.32 Å². The normalized spacial score (nSPS) is 11.3. The first-order valence-corrected chi connectivity index (χ1v) is 11.7. The minimum absolute atomic E-state index is 0.0763. The van der Waals surface area contributed by atoms with Gasteiger partial charge in [0.15, 0.2) is 0 Å². The lowest BCUT2D eigenvalue weighted by Crippen LogP contribution is -2.09. The summed E-state index contributed by atoms with van der Waals surface area (Å²) in [5, 5.41) is 22.1. The van der Waals surface area contributed by atoms with Gasteiger partial charge in [0.2, 0.25) is 5.91 Å². The summed E-state index contributed by atoms with van der Waals surface area (Å²) in [6.45, 7) is 1.80. The van der Waals surface area contributed by atoms with Gasteiger partial charge < -0.3 is 15.4 Å². The molecule has 8 nitrogen and oxygen atoms in total. The topological polar surface area (TPSA) is 120 Å². The van der Waals surface area contributed by atoms with E-state index in [1.165, 1.54) is 12.1 Å². The Labute approximate surface area is 210 Å². The van der Waals surface area contributed by atoms with Crippen LogP contribution < -0.4 is 5.32 Å². The van der Waals surface area contributed by atoms with Crippen LogP contribution in [0.1, 0.15) is 13.3 Å². The number of hydrogen-bond acceptors (Lipinski definition) is 5. The van der Waals surface area contributed by atoms with Crippen LogP contribution in [0.3, 0.4) is 0 Å². The standard InChI is InChI=1S/C28H21FN6O2/c1-2-27(37)32-19-6-17(11-30-12-19)15-3-4-24-22(8-15)28(35-34-24)25-10-21-23(13-31-14-26(21)33-25)16-5-18(29)9-20(36)7-16/h3-14,33,36H,2H2,1H3,(H,32,37)(H,34,35). The van der Waals surface area contributed by atoms with Crippen LogP contribution in [-0.4, -0.2) is 36.2 Å². The van der Waals surface area contributed by atoms with Crippen molar-refractivity contribution in [3.8, 4) is 39.4 Å². The molecule has 6 aromatic rings. The first-order valence-electron chi connectivity index (χ1n) is 11.7. The van der Waals surface area contributed by atoms with Gasteiger partial charge in [-0.2, -0.15) is 5.10 Å². The molecule has 6 rings (SSSR count). The molecule has 0 aliphatic carbocycles. The van der Waals surface area contributed by atoms with Crippen LogP contribution in [0, 0.1) is 5.82 Å². The monoisotopic (exact) mass is 492 g/mol. The molecular weight excluding hydrogens is 471 g/mol. The van der Waals surface area contributed by atoms with Gasteiger partial charge in [-0.1, -0.05) is 13.0 Å². The molecule has 0 fully saturated rings. The number of H-pyrrole nitrogens is 2. The lowest BCUT2D eigenvalue weighted by Gasteiger charge is -2.06. The molecule has 0 aliphatic rings. The number of halogens is 1. The van der Waals surface area contributed by atoms with E-state index in [2.05, 4.69) is 30.5 Å². The van der Waals surface area contributed by atoms with E-state index in [4.69, 9.17) is 0 Å². The first-order chi connectivity index (χ1) is 18.0. The van der Waals surface area contributed by atoms with Gasteiger partial charge in [-0.05, 0) is 47.5 Å². The molecule has 4 N–H and O–H groups in total. The number of aromatic amines is 2. The zero-order chi connectivity index (χ0) is 25.5. The van der Waals surface area contributed by atoms with Gasteiger partial charge in [0, 0.05) is 46.8 Å². The highest BCUT2D eigenvalue weighted by Gasteiger charge is 2.15. The zero-order valence-corrected chi connectivity index (χ0v) is 19.7. The Morgan fingerprint density at radius 2 is 1.78 bits per heavy atom. The molecule has 37 heavy (non-hydrogen) atoms. The maximum atomic E-state index is 14.0. The molecule has 4 heterocycles. The second-order valence-electron chi connectivity index (χ2n) is 8.73. The number of aromatic nitrogens is 5. The summed E-state index contributed by atoms with van der Waals surface area (Å²) in [7, 11) is 0. The van der Waals surface area contributed by atoms with Crippen LogP contribution in [0.25, 0.3) is 55.4 Å². The third-order valence-electron chi connectivity index (χ3n) is 6.23. The van der Waals surface area contributed by atoms with Gasteiger partial charge in [-0.3, -0.25) is 19.9 Å². The van der Waals surface area contributed by atoms with Crippen LogP contribution in [-0.2, 0) is 4.79 Å². The molecule has 9 heteroatoms. The van der Waals surface area contributed by atoms with E-state index in [0.29, 0.717) is 28.9 Å². The fraction of sp³-hybridized carbons (Fsp3) is 0.0714. The van der Waals surface area contributed by atoms with E-state index in [-0.39, 0.29) is 11.7 Å². The SMILES string of the molecule is CCC(=O)Nc1cncc(-c2ccc3[nH]nc(-c4cc5c(-c6cc(O)cc(F)c6)cncc5[nH]4)c3c2)c1. The number of phenols is 1. The van der Waals surface area contributed by atoms with Crippen molar-refractivity contribution in [1.82, 2.24) is 25.1 Å². The Morgan fingerprint density at radius 3 is 2.62 bits per heavy atom. The smallest absolute Gasteiger partial charge is 0.224 e. The largest absolute Gasteiger partial charge is 0.508 e. The Balaban J connectivity index is 1.43. The maximum Gasteiger partial charge on any atom is 0.224 e. The van der Waals surface area contributed by atoms with Crippen LogP contribution in [0.2, 0.25) is 0 Å². The number of anilines is 1. The Bertz CT molecular complexity index is 1790. The van der Waals surface area contributed by atoms with Crippen molar-refractivity contribution in [2.45, 2.75) is 13.3 Å². The predicted molar refractivity (Wildman–Crippen MR) is 140 cm³/mol. The van der Waals surface area contributed by atoms with Crippen LogP contribution >= 0.6 is 0 Å². The van der Waals surface area contributed by atoms with E-state index in [1.54, 1.807) is 31.7 Å². The lowest BCUT2D eigenvalue weighted by atomic mass is 10.0. The van der Waals surface area contributed by atoms with Gasteiger partial charge in [-0.15, -0.1) is 0 Å². The predicted octanol–water partition coefficient (Wildman–Crippen LogP) is 6.03. The third kappa shape index (κ3) is 4.16. The highest BCUT2D eigenvalue weighted by atomic mass is 19.1. The summed E-state index contributed by atoms with van der Waals surface area (Å²) in [6.07, 6.45) is 7.09. The average Bonchev–Trinajstić information content (AvgIpc) is 3.51. The van der Waals surface area contributed by atoms with Crippen molar-refractivity contribution in [3.05, 3.63) is 79.1 Å². The van der Waals surface area contributed by atoms with E-state index >= 15 is 0 Å². The summed E-state index contributed by atoms with van der Waals surface area (Å²) in [5.41, 5.74) is 6.71. The number of amides is 1. The maximum absolute atomic E-state index is 14.0. The number of pyridine rings is 2. The number of rotatable bonds is 5. The molecular formula is C28H21FN6O2. The highest BCUT2D eigenvalue weighted by molar-refractivity contribution is 6.01. The van der Waals surface area contributed by atoms with Crippen molar-refractivity contribution < 1.29 is 14.3 Å². The number of carbonyl (C=O) groups is 1. The number of carbonyl (C=O) groups excluding carboxylic acids is 1. The van der Waals surface area contributed by atoms with Crippen molar-refractivity contribution >= 4 is 33.4 Å². The van der Waals surface area contributed by atoms with Gasteiger partial charge in [0.05, 0.1) is 34.8 Å². The van der Waals surface area contributed by atoms with Gasteiger partial charge >= 0.3 is 0 Å². The quantitative estimate of drug-likeness (QED) is 0.234. The van der Waals surface area contributed by atoms with Crippen molar-refractivity contribution in [2.24, 2.45) is 0 Å². The molecule has 0 saturated carbocycles. The molecule has 0 saturated heterocycles. The number of nitrogens with zero attached hydrogens (tertiary/aromatic N) is 3. The second kappa shape index (κ2) is 8.87. The Kier molecular flexibility index (Phi) is 5.37. The average molecular weight is 493 g/mol. The first kappa shape index (κ1) is 22.4. The summed E-state index contributed by atoms with van der Waals surface area (Å²) in [4.78, 5) is 23.7. The van der Waals surface area contributed by atoms with Crippen LogP contribution in [0.5, 0.6) is 5.75 Å². The summed E-state index contributed by atoms with van der Waals surface area (Å²) >= 11 is 0. The lowest BCUT2D eigenvalue weighted by molar-refractivity contribution is -0.115. The molecule has 0 aliphatic heterocycles. The van der Waals surface area contributed by atoms with Crippen LogP contribution in [0.15, 0.2) is 73.3 Å². The number of aromatic hydroxyl groups is 1. The fourth-order valence-corrected chi connectivity index (χ4v) is 4.45. The number of hydrogen-bond donors (Lipinski definition) is 4.